The van der Waals surface area contributed by atoms with Crippen molar-refractivity contribution in [2.45, 2.75) is 62.9 Å². The number of carbonyl (C=O) groups is 3. The topological polar surface area (TPSA) is 105 Å². The number of carboxylic acids is 1. The van der Waals surface area contributed by atoms with Crippen molar-refractivity contribution in [3.05, 3.63) is 59.7 Å². The summed E-state index contributed by atoms with van der Waals surface area (Å²) in [6.45, 7) is 2.06. The van der Waals surface area contributed by atoms with E-state index in [0.29, 0.717) is 25.7 Å². The molecule has 2 aliphatic carbocycles. The largest absolute Gasteiger partial charge is 0.480 e. The number of aliphatic carboxylic acids is 1. The van der Waals surface area contributed by atoms with E-state index in [-0.39, 0.29) is 12.5 Å². The quantitative estimate of drug-likeness (QED) is 0.559. The maximum atomic E-state index is 12.9. The average molecular weight is 451 g/mol. The van der Waals surface area contributed by atoms with Crippen molar-refractivity contribution in [3.8, 4) is 11.1 Å². The molecule has 1 fully saturated rings. The van der Waals surface area contributed by atoms with Crippen LogP contribution in [-0.4, -0.2) is 41.3 Å². The van der Waals surface area contributed by atoms with Crippen molar-refractivity contribution < 1.29 is 24.2 Å². The van der Waals surface area contributed by atoms with Gasteiger partial charge in [0.15, 0.2) is 0 Å². The summed E-state index contributed by atoms with van der Waals surface area (Å²) < 4.78 is 5.56. The molecule has 7 nitrogen and oxygen atoms in total. The normalized spacial score (nSPS) is 17.0. The number of ether oxygens (including phenoxy) is 1. The van der Waals surface area contributed by atoms with Crippen molar-refractivity contribution in [2.75, 3.05) is 6.61 Å². The van der Waals surface area contributed by atoms with Gasteiger partial charge in [0.25, 0.3) is 0 Å². The predicted octanol–water partition coefficient (Wildman–Crippen LogP) is 4.21. The molecule has 1 atom stereocenters. The van der Waals surface area contributed by atoms with Gasteiger partial charge in [-0.25, -0.2) is 9.59 Å². The van der Waals surface area contributed by atoms with E-state index in [1.807, 2.05) is 43.3 Å². The summed E-state index contributed by atoms with van der Waals surface area (Å²) in [4.78, 5) is 37.3. The van der Waals surface area contributed by atoms with E-state index in [0.717, 1.165) is 35.1 Å². The highest BCUT2D eigenvalue weighted by molar-refractivity contribution is 5.91. The van der Waals surface area contributed by atoms with Crippen molar-refractivity contribution in [2.24, 2.45) is 0 Å². The second kappa shape index (κ2) is 9.65. The Hall–Kier alpha value is -3.35. The minimum Gasteiger partial charge on any atom is -0.480 e. The number of alkyl carbamates (subject to hydrolysis) is 1. The molecule has 2 amide bonds. The summed E-state index contributed by atoms with van der Waals surface area (Å²) >= 11 is 0. The monoisotopic (exact) mass is 450 g/mol. The van der Waals surface area contributed by atoms with Crippen molar-refractivity contribution >= 4 is 18.0 Å². The molecule has 0 bridgehead atoms. The minimum absolute atomic E-state index is 0.0737. The molecule has 33 heavy (non-hydrogen) atoms. The fourth-order valence-corrected chi connectivity index (χ4v) is 5.03. The molecule has 1 saturated carbocycles. The van der Waals surface area contributed by atoms with Gasteiger partial charge in [0.1, 0.15) is 18.2 Å². The maximum Gasteiger partial charge on any atom is 0.407 e. The van der Waals surface area contributed by atoms with Gasteiger partial charge in [-0.2, -0.15) is 0 Å². The zero-order valence-electron chi connectivity index (χ0n) is 18.8. The van der Waals surface area contributed by atoms with Gasteiger partial charge < -0.3 is 20.5 Å². The molecule has 2 aromatic carbocycles. The number of nitrogens with one attached hydrogen (secondary N) is 2. The Morgan fingerprint density at radius 3 is 2.15 bits per heavy atom. The van der Waals surface area contributed by atoms with Crippen LogP contribution in [0.2, 0.25) is 0 Å². The number of hydrogen-bond donors (Lipinski definition) is 3. The smallest absolute Gasteiger partial charge is 0.407 e. The summed E-state index contributed by atoms with van der Waals surface area (Å²) in [7, 11) is 0. The van der Waals surface area contributed by atoms with Gasteiger partial charge in [-0.15, -0.1) is 0 Å². The first-order valence-corrected chi connectivity index (χ1v) is 11.6. The summed E-state index contributed by atoms with van der Waals surface area (Å²) in [5, 5.41) is 15.0. The molecule has 0 aliphatic heterocycles. The van der Waals surface area contributed by atoms with Crippen LogP contribution < -0.4 is 10.6 Å². The van der Waals surface area contributed by atoms with Gasteiger partial charge in [0.2, 0.25) is 5.91 Å². The van der Waals surface area contributed by atoms with Crippen LogP contribution in [0, 0.1) is 0 Å². The van der Waals surface area contributed by atoms with Crippen molar-refractivity contribution in [1.82, 2.24) is 10.6 Å². The fraction of sp³-hybridized carbons (Fsp3) is 0.423. The molecule has 4 rings (SSSR count). The van der Waals surface area contributed by atoms with E-state index < -0.39 is 29.6 Å². The third kappa shape index (κ3) is 4.58. The molecular formula is C26H30N2O5. The van der Waals surface area contributed by atoms with E-state index >= 15 is 0 Å². The van der Waals surface area contributed by atoms with Crippen LogP contribution >= 0.6 is 0 Å². The van der Waals surface area contributed by atoms with Gasteiger partial charge in [-0.1, -0.05) is 74.7 Å². The van der Waals surface area contributed by atoms with E-state index in [2.05, 4.69) is 22.8 Å². The van der Waals surface area contributed by atoms with Crippen LogP contribution in [0.15, 0.2) is 48.5 Å². The Bertz CT molecular complexity index is 999. The highest BCUT2D eigenvalue weighted by Gasteiger charge is 2.43. The standard InChI is InChI=1S/C26H30N2O5/c1-2-9-22(23(29)28-26(24(30)31)14-7-8-15-26)27-25(32)33-16-21-19-12-5-3-10-17(19)18-11-4-6-13-20(18)21/h3-6,10-13,21-22H,2,7-9,14-16H2,1H3,(H,27,32)(H,28,29)(H,30,31)/t22-/m0/s1. The molecule has 0 radical (unpaired) electrons. The molecule has 0 unspecified atom stereocenters. The first-order chi connectivity index (χ1) is 15.9. The average Bonchev–Trinajstić information content (AvgIpc) is 3.41. The highest BCUT2D eigenvalue weighted by Crippen LogP contribution is 2.44. The molecule has 0 saturated heterocycles. The Morgan fingerprint density at radius 2 is 1.61 bits per heavy atom. The molecule has 174 valence electrons. The second-order valence-electron chi connectivity index (χ2n) is 8.89. The molecule has 7 heteroatoms. The van der Waals surface area contributed by atoms with Gasteiger partial charge in [-0.3, -0.25) is 4.79 Å². The number of carbonyl (C=O) groups excluding carboxylic acids is 2. The first-order valence-electron chi connectivity index (χ1n) is 11.6. The van der Waals surface area contributed by atoms with Gasteiger partial charge in [-0.05, 0) is 41.5 Å². The highest BCUT2D eigenvalue weighted by atomic mass is 16.5. The van der Waals surface area contributed by atoms with Crippen LogP contribution in [0.4, 0.5) is 4.79 Å². The second-order valence-corrected chi connectivity index (χ2v) is 8.89. The molecule has 0 aromatic heterocycles. The minimum atomic E-state index is -1.24. The van der Waals surface area contributed by atoms with E-state index in [1.54, 1.807) is 0 Å². The summed E-state index contributed by atoms with van der Waals surface area (Å²) in [6, 6.07) is 15.3. The van der Waals surface area contributed by atoms with Gasteiger partial charge in [0, 0.05) is 5.92 Å². The molecule has 3 N–H and O–H groups in total. The van der Waals surface area contributed by atoms with Crippen molar-refractivity contribution in [1.29, 1.82) is 0 Å². The van der Waals surface area contributed by atoms with Gasteiger partial charge in [0.05, 0.1) is 0 Å². The number of carboxylic acid groups (broad SMARTS) is 1. The lowest BCUT2D eigenvalue weighted by atomic mass is 9.96. The zero-order valence-corrected chi connectivity index (χ0v) is 18.8. The molecular weight excluding hydrogens is 420 g/mol. The van der Waals surface area contributed by atoms with Crippen LogP contribution in [0.5, 0.6) is 0 Å². The lowest BCUT2D eigenvalue weighted by Gasteiger charge is -2.28. The van der Waals surface area contributed by atoms with Crippen LogP contribution in [-0.2, 0) is 14.3 Å². The predicted molar refractivity (Wildman–Crippen MR) is 124 cm³/mol. The number of benzene rings is 2. The molecule has 0 spiro atoms. The molecule has 2 aliphatic rings. The number of rotatable bonds is 8. The first kappa shape index (κ1) is 22.8. The Kier molecular flexibility index (Phi) is 6.67. The number of fused-ring (bicyclic) bond motifs is 3. The summed E-state index contributed by atoms with van der Waals surface area (Å²) in [5.74, 6) is -1.57. The fourth-order valence-electron chi connectivity index (χ4n) is 5.03. The van der Waals surface area contributed by atoms with E-state index in [4.69, 9.17) is 4.74 Å². The third-order valence-electron chi connectivity index (χ3n) is 6.76. The van der Waals surface area contributed by atoms with E-state index in [9.17, 15) is 19.5 Å². The third-order valence-corrected chi connectivity index (χ3v) is 6.76. The number of hydrogen-bond acceptors (Lipinski definition) is 4. The molecule has 0 heterocycles. The summed E-state index contributed by atoms with van der Waals surface area (Å²) in [6.07, 6.45) is 2.68. The zero-order chi connectivity index (χ0) is 23.4. The Balaban J connectivity index is 1.41. The van der Waals surface area contributed by atoms with E-state index in [1.165, 1.54) is 0 Å². The van der Waals surface area contributed by atoms with Crippen LogP contribution in [0.3, 0.4) is 0 Å². The van der Waals surface area contributed by atoms with Crippen molar-refractivity contribution in [3.63, 3.8) is 0 Å². The maximum absolute atomic E-state index is 12.9. The molecule has 2 aromatic rings. The lowest BCUT2D eigenvalue weighted by molar-refractivity contribution is -0.147. The SMILES string of the molecule is CCC[C@H](NC(=O)OCC1c2ccccc2-c2ccccc21)C(=O)NC1(C(=O)O)CCCC1. The Morgan fingerprint density at radius 1 is 1.03 bits per heavy atom. The lowest BCUT2D eigenvalue weighted by Crippen LogP contribution is -2.58. The van der Waals surface area contributed by atoms with Gasteiger partial charge >= 0.3 is 12.1 Å². The Labute approximate surface area is 193 Å². The summed E-state index contributed by atoms with van der Waals surface area (Å²) in [5.41, 5.74) is 3.26. The van der Waals surface area contributed by atoms with Crippen LogP contribution in [0.1, 0.15) is 62.5 Å². The van der Waals surface area contributed by atoms with Crippen LogP contribution in [0.25, 0.3) is 11.1 Å². The number of amides is 2.